The molecule has 0 fully saturated rings. The molecule has 0 saturated carbocycles. The lowest BCUT2D eigenvalue weighted by Gasteiger charge is -1.98. The number of nitrogen functional groups attached to an aromatic ring is 1. The normalized spacial score (nSPS) is 10.6. The molecule has 0 unspecified atom stereocenters. The van der Waals surface area contributed by atoms with E-state index < -0.39 is 0 Å². The standard InChI is InChI=1S/C13H10FN5/c14-10-4-1-3-9(7-10)12-11(15)8-19(18-12)13-16-5-2-6-17-13/h1-8H,15H2. The van der Waals surface area contributed by atoms with Crippen LogP contribution in [0.5, 0.6) is 0 Å². The van der Waals surface area contributed by atoms with Crippen LogP contribution in [0.4, 0.5) is 10.1 Å². The van der Waals surface area contributed by atoms with Crippen LogP contribution in [0.1, 0.15) is 0 Å². The van der Waals surface area contributed by atoms with Gasteiger partial charge in [0.05, 0.1) is 11.9 Å². The van der Waals surface area contributed by atoms with Gasteiger partial charge in [-0.05, 0) is 18.2 Å². The molecule has 5 nitrogen and oxygen atoms in total. The highest BCUT2D eigenvalue weighted by Gasteiger charge is 2.11. The molecule has 2 aromatic heterocycles. The number of aromatic nitrogens is 4. The molecule has 0 aliphatic carbocycles. The summed E-state index contributed by atoms with van der Waals surface area (Å²) in [6.45, 7) is 0. The summed E-state index contributed by atoms with van der Waals surface area (Å²) in [7, 11) is 0. The van der Waals surface area contributed by atoms with E-state index in [-0.39, 0.29) is 5.82 Å². The first-order valence-electron chi connectivity index (χ1n) is 5.62. The van der Waals surface area contributed by atoms with Gasteiger partial charge in [0.2, 0.25) is 0 Å². The van der Waals surface area contributed by atoms with Crippen molar-refractivity contribution in [2.24, 2.45) is 0 Å². The van der Waals surface area contributed by atoms with Crippen LogP contribution in [0.15, 0.2) is 48.9 Å². The molecule has 0 spiro atoms. The van der Waals surface area contributed by atoms with Gasteiger partial charge in [0, 0.05) is 18.0 Å². The van der Waals surface area contributed by atoms with Gasteiger partial charge in [-0.15, -0.1) is 0 Å². The van der Waals surface area contributed by atoms with E-state index in [9.17, 15) is 4.39 Å². The highest BCUT2D eigenvalue weighted by Crippen LogP contribution is 2.25. The van der Waals surface area contributed by atoms with Crippen LogP contribution in [0, 0.1) is 5.82 Å². The van der Waals surface area contributed by atoms with Crippen LogP contribution in [0.25, 0.3) is 17.2 Å². The second-order valence-corrected chi connectivity index (χ2v) is 3.94. The average molecular weight is 255 g/mol. The second kappa shape index (κ2) is 4.49. The first-order valence-corrected chi connectivity index (χ1v) is 5.62. The van der Waals surface area contributed by atoms with Gasteiger partial charge >= 0.3 is 0 Å². The Morgan fingerprint density at radius 1 is 1.11 bits per heavy atom. The highest BCUT2D eigenvalue weighted by atomic mass is 19.1. The van der Waals surface area contributed by atoms with Gasteiger partial charge in [-0.2, -0.15) is 5.10 Å². The van der Waals surface area contributed by atoms with Crippen molar-refractivity contribution in [3.8, 4) is 17.2 Å². The Morgan fingerprint density at radius 2 is 1.89 bits per heavy atom. The molecule has 0 aliphatic rings. The van der Waals surface area contributed by atoms with E-state index in [1.165, 1.54) is 16.8 Å². The Bertz CT molecular complexity index is 708. The second-order valence-electron chi connectivity index (χ2n) is 3.94. The first-order chi connectivity index (χ1) is 9.24. The van der Waals surface area contributed by atoms with Crippen molar-refractivity contribution in [3.05, 3.63) is 54.7 Å². The summed E-state index contributed by atoms with van der Waals surface area (Å²) >= 11 is 0. The molecule has 94 valence electrons. The summed E-state index contributed by atoms with van der Waals surface area (Å²) in [5.74, 6) is 0.0827. The average Bonchev–Trinajstić information content (AvgIpc) is 2.82. The molecule has 0 saturated heterocycles. The summed E-state index contributed by atoms with van der Waals surface area (Å²) in [5, 5.41) is 4.29. The van der Waals surface area contributed by atoms with Crippen LogP contribution in [0.3, 0.4) is 0 Å². The van der Waals surface area contributed by atoms with Crippen molar-refractivity contribution in [2.45, 2.75) is 0 Å². The molecular weight excluding hydrogens is 245 g/mol. The van der Waals surface area contributed by atoms with E-state index in [2.05, 4.69) is 15.1 Å². The van der Waals surface area contributed by atoms with Gasteiger partial charge in [-0.1, -0.05) is 12.1 Å². The molecule has 0 amide bonds. The van der Waals surface area contributed by atoms with Crippen LogP contribution in [-0.2, 0) is 0 Å². The molecule has 3 rings (SSSR count). The summed E-state index contributed by atoms with van der Waals surface area (Å²) in [6, 6.07) is 7.83. The molecule has 6 heteroatoms. The fourth-order valence-corrected chi connectivity index (χ4v) is 1.76. The SMILES string of the molecule is Nc1cn(-c2ncccn2)nc1-c1cccc(F)c1. The summed E-state index contributed by atoms with van der Waals surface area (Å²) < 4.78 is 14.7. The van der Waals surface area contributed by atoms with Gasteiger partial charge in [-0.25, -0.2) is 19.0 Å². The van der Waals surface area contributed by atoms with Crippen LogP contribution in [0.2, 0.25) is 0 Å². The van der Waals surface area contributed by atoms with E-state index in [0.29, 0.717) is 22.9 Å². The van der Waals surface area contributed by atoms with Crippen LogP contribution < -0.4 is 5.73 Å². The number of hydrogen-bond donors (Lipinski definition) is 1. The zero-order valence-corrected chi connectivity index (χ0v) is 9.86. The van der Waals surface area contributed by atoms with Gasteiger partial charge in [0.15, 0.2) is 0 Å². The van der Waals surface area contributed by atoms with Gasteiger partial charge in [0.25, 0.3) is 5.95 Å². The third kappa shape index (κ3) is 2.15. The van der Waals surface area contributed by atoms with Crippen molar-refractivity contribution in [3.63, 3.8) is 0 Å². The molecule has 0 radical (unpaired) electrons. The zero-order chi connectivity index (χ0) is 13.2. The van der Waals surface area contributed by atoms with Crippen molar-refractivity contribution < 1.29 is 4.39 Å². The Kier molecular flexibility index (Phi) is 2.68. The van der Waals surface area contributed by atoms with Crippen molar-refractivity contribution >= 4 is 5.69 Å². The highest BCUT2D eigenvalue weighted by molar-refractivity contribution is 5.72. The van der Waals surface area contributed by atoms with Crippen molar-refractivity contribution in [2.75, 3.05) is 5.73 Å². The first kappa shape index (κ1) is 11.3. The maximum atomic E-state index is 13.2. The van der Waals surface area contributed by atoms with E-state index in [1.54, 1.807) is 36.8 Å². The van der Waals surface area contributed by atoms with E-state index in [1.807, 2.05) is 0 Å². The maximum Gasteiger partial charge on any atom is 0.250 e. The smallest absolute Gasteiger partial charge is 0.250 e. The number of rotatable bonds is 2. The van der Waals surface area contributed by atoms with E-state index in [4.69, 9.17) is 5.73 Å². The predicted octanol–water partition coefficient (Wildman–Crippen LogP) is 2.05. The molecular formula is C13H10FN5. The largest absolute Gasteiger partial charge is 0.396 e. The van der Waals surface area contributed by atoms with Crippen LogP contribution >= 0.6 is 0 Å². The number of nitrogens with zero attached hydrogens (tertiary/aromatic N) is 4. The van der Waals surface area contributed by atoms with Gasteiger partial charge in [-0.3, -0.25) is 0 Å². The number of hydrogen-bond acceptors (Lipinski definition) is 4. The lowest BCUT2D eigenvalue weighted by Crippen LogP contribution is -2.00. The molecule has 2 N–H and O–H groups in total. The predicted molar refractivity (Wildman–Crippen MR) is 69.0 cm³/mol. The number of anilines is 1. The quantitative estimate of drug-likeness (QED) is 0.760. The molecule has 2 heterocycles. The summed E-state index contributed by atoms with van der Waals surface area (Å²) in [5.41, 5.74) is 7.47. The van der Waals surface area contributed by atoms with Crippen molar-refractivity contribution in [1.29, 1.82) is 0 Å². The van der Waals surface area contributed by atoms with E-state index >= 15 is 0 Å². The van der Waals surface area contributed by atoms with Gasteiger partial charge in [0.1, 0.15) is 11.5 Å². The van der Waals surface area contributed by atoms with Crippen LogP contribution in [-0.4, -0.2) is 19.7 Å². The van der Waals surface area contributed by atoms with Gasteiger partial charge < -0.3 is 5.73 Å². The Hall–Kier alpha value is -2.76. The fourth-order valence-electron chi connectivity index (χ4n) is 1.76. The number of benzene rings is 1. The molecule has 0 bridgehead atoms. The molecule has 1 aromatic carbocycles. The monoisotopic (exact) mass is 255 g/mol. The lowest BCUT2D eigenvalue weighted by atomic mass is 10.1. The Morgan fingerprint density at radius 3 is 2.63 bits per heavy atom. The molecule has 0 atom stereocenters. The minimum atomic E-state index is -0.331. The Labute approximate surface area is 108 Å². The third-order valence-corrected chi connectivity index (χ3v) is 2.60. The minimum Gasteiger partial charge on any atom is -0.396 e. The zero-order valence-electron chi connectivity index (χ0n) is 9.86. The number of halogens is 1. The fraction of sp³-hybridized carbons (Fsp3) is 0. The summed E-state index contributed by atoms with van der Waals surface area (Å²) in [6.07, 6.45) is 4.83. The van der Waals surface area contributed by atoms with Crippen molar-refractivity contribution in [1.82, 2.24) is 19.7 Å². The topological polar surface area (TPSA) is 69.6 Å². The lowest BCUT2D eigenvalue weighted by molar-refractivity contribution is 0.628. The molecule has 0 aliphatic heterocycles. The molecule has 19 heavy (non-hydrogen) atoms. The van der Waals surface area contributed by atoms with E-state index in [0.717, 1.165) is 0 Å². The summed E-state index contributed by atoms with van der Waals surface area (Å²) in [4.78, 5) is 8.15. The minimum absolute atomic E-state index is 0.331. The maximum absolute atomic E-state index is 13.2. The molecule has 3 aromatic rings. The third-order valence-electron chi connectivity index (χ3n) is 2.60. The number of nitrogens with two attached hydrogens (primary N) is 1. The Balaban J connectivity index is 2.08.